The summed E-state index contributed by atoms with van der Waals surface area (Å²) in [6.45, 7) is 2.38. The summed E-state index contributed by atoms with van der Waals surface area (Å²) in [4.78, 5) is 8.17. The monoisotopic (exact) mass is 253 g/mol. The molecule has 0 unspecified atom stereocenters. The molecule has 0 aliphatic carbocycles. The van der Waals surface area contributed by atoms with E-state index < -0.39 is 0 Å². The zero-order chi connectivity index (χ0) is 12.3. The first kappa shape index (κ1) is 11.7. The third kappa shape index (κ3) is 3.32. The normalized spacial score (nSPS) is 10.5. The number of halogens is 1. The summed E-state index contributed by atoms with van der Waals surface area (Å²) >= 11 is 5.78. The fourth-order valence-corrected chi connectivity index (χ4v) is 1.57. The first-order valence-electron chi connectivity index (χ1n) is 5.09. The van der Waals surface area contributed by atoms with Gasteiger partial charge in [0.25, 0.3) is 0 Å². The molecule has 7 heteroatoms. The van der Waals surface area contributed by atoms with Crippen LogP contribution in [0.2, 0.25) is 5.15 Å². The van der Waals surface area contributed by atoms with E-state index in [1.165, 1.54) is 0 Å². The van der Waals surface area contributed by atoms with Gasteiger partial charge in [0.15, 0.2) is 5.82 Å². The van der Waals surface area contributed by atoms with Crippen LogP contribution in [-0.4, -0.2) is 21.7 Å². The summed E-state index contributed by atoms with van der Waals surface area (Å²) in [6, 6.07) is 3.31. The molecule has 0 aliphatic heterocycles. The number of anilines is 2. The Bertz CT molecular complexity index is 493. The highest BCUT2D eigenvalue weighted by molar-refractivity contribution is 6.29. The third-order valence-corrected chi connectivity index (χ3v) is 2.23. The summed E-state index contributed by atoms with van der Waals surface area (Å²) in [5, 5.41) is 7.24. The number of nitrogen functional groups attached to an aromatic ring is 1. The van der Waals surface area contributed by atoms with Gasteiger partial charge in [0.05, 0.1) is 0 Å². The standard InChI is InChI=1S/C10H12ClN5O/c1-6-14-9(16-17-6)2-3-13-10-5-7(12)4-8(11)15-10/h4-5H,2-3H2,1H3,(H3,12,13,15). The molecule has 0 aliphatic rings. The summed E-state index contributed by atoms with van der Waals surface area (Å²) in [5.41, 5.74) is 6.21. The predicted octanol–water partition coefficient (Wildman–Crippen LogP) is 1.66. The Labute approximate surface area is 103 Å². The molecule has 0 radical (unpaired) electrons. The van der Waals surface area contributed by atoms with E-state index in [4.69, 9.17) is 21.9 Å². The van der Waals surface area contributed by atoms with E-state index in [1.807, 2.05) is 0 Å². The first-order valence-corrected chi connectivity index (χ1v) is 5.47. The summed E-state index contributed by atoms with van der Waals surface area (Å²) in [6.07, 6.45) is 0.644. The van der Waals surface area contributed by atoms with Gasteiger partial charge in [0.2, 0.25) is 5.89 Å². The lowest BCUT2D eigenvalue weighted by Crippen LogP contribution is -2.07. The number of pyridine rings is 1. The number of hydrogen-bond donors (Lipinski definition) is 2. The minimum Gasteiger partial charge on any atom is -0.399 e. The average molecular weight is 254 g/mol. The SMILES string of the molecule is Cc1nc(CCNc2cc(N)cc(Cl)n2)no1. The maximum absolute atomic E-state index is 5.78. The highest BCUT2D eigenvalue weighted by Crippen LogP contribution is 2.15. The zero-order valence-corrected chi connectivity index (χ0v) is 10.0. The van der Waals surface area contributed by atoms with Crippen LogP contribution in [0.3, 0.4) is 0 Å². The fraction of sp³-hybridized carbons (Fsp3) is 0.300. The molecule has 3 N–H and O–H groups in total. The van der Waals surface area contributed by atoms with Crippen LogP contribution in [-0.2, 0) is 6.42 Å². The summed E-state index contributed by atoms with van der Waals surface area (Å²) < 4.78 is 4.86. The molecule has 17 heavy (non-hydrogen) atoms. The van der Waals surface area contributed by atoms with Crippen molar-refractivity contribution in [3.05, 3.63) is 29.0 Å². The van der Waals surface area contributed by atoms with Crippen LogP contribution >= 0.6 is 11.6 Å². The maximum atomic E-state index is 5.78. The molecule has 0 saturated heterocycles. The van der Waals surface area contributed by atoms with Crippen molar-refractivity contribution < 1.29 is 4.52 Å². The smallest absolute Gasteiger partial charge is 0.223 e. The van der Waals surface area contributed by atoms with Crippen molar-refractivity contribution in [3.63, 3.8) is 0 Å². The minimum atomic E-state index is 0.364. The molecule has 0 spiro atoms. The predicted molar refractivity (Wildman–Crippen MR) is 64.9 cm³/mol. The Kier molecular flexibility index (Phi) is 3.43. The lowest BCUT2D eigenvalue weighted by atomic mass is 10.3. The lowest BCUT2D eigenvalue weighted by molar-refractivity contribution is 0.387. The number of aromatic nitrogens is 3. The van der Waals surface area contributed by atoms with Crippen LogP contribution < -0.4 is 11.1 Å². The number of nitrogens with zero attached hydrogens (tertiary/aromatic N) is 3. The van der Waals surface area contributed by atoms with Crippen LogP contribution in [0, 0.1) is 6.92 Å². The molecular formula is C10H12ClN5O. The Hall–Kier alpha value is -1.82. The van der Waals surface area contributed by atoms with E-state index >= 15 is 0 Å². The van der Waals surface area contributed by atoms with Gasteiger partial charge in [-0.15, -0.1) is 0 Å². The molecule has 0 atom stereocenters. The van der Waals surface area contributed by atoms with E-state index in [9.17, 15) is 0 Å². The summed E-state index contributed by atoms with van der Waals surface area (Å²) in [7, 11) is 0. The highest BCUT2D eigenvalue weighted by atomic mass is 35.5. The van der Waals surface area contributed by atoms with Gasteiger partial charge in [-0.25, -0.2) is 4.98 Å². The van der Waals surface area contributed by atoms with Crippen LogP contribution in [0.15, 0.2) is 16.7 Å². The van der Waals surface area contributed by atoms with E-state index in [-0.39, 0.29) is 0 Å². The molecule has 6 nitrogen and oxygen atoms in total. The van der Waals surface area contributed by atoms with Gasteiger partial charge in [0, 0.05) is 31.6 Å². The first-order chi connectivity index (χ1) is 8.13. The van der Waals surface area contributed by atoms with Gasteiger partial charge in [0.1, 0.15) is 11.0 Å². The Morgan fingerprint density at radius 2 is 2.24 bits per heavy atom. The molecule has 2 aromatic rings. The van der Waals surface area contributed by atoms with Crippen LogP contribution in [0.25, 0.3) is 0 Å². The second kappa shape index (κ2) is 5.01. The van der Waals surface area contributed by atoms with Crippen LogP contribution in [0.5, 0.6) is 0 Å². The molecule has 2 aromatic heterocycles. The van der Waals surface area contributed by atoms with Gasteiger partial charge < -0.3 is 15.6 Å². The van der Waals surface area contributed by atoms with Gasteiger partial charge in [-0.1, -0.05) is 16.8 Å². The summed E-state index contributed by atoms with van der Waals surface area (Å²) in [5.74, 6) is 1.85. The number of rotatable bonds is 4. The van der Waals surface area contributed by atoms with Gasteiger partial charge >= 0.3 is 0 Å². The van der Waals surface area contributed by atoms with Crippen molar-refractivity contribution in [2.24, 2.45) is 0 Å². The number of nitrogens with one attached hydrogen (secondary N) is 1. The fourth-order valence-electron chi connectivity index (χ4n) is 1.35. The average Bonchev–Trinajstić information content (AvgIpc) is 2.63. The quantitative estimate of drug-likeness (QED) is 0.806. The topological polar surface area (TPSA) is 89.9 Å². The minimum absolute atomic E-state index is 0.364. The number of hydrogen-bond acceptors (Lipinski definition) is 6. The second-order valence-electron chi connectivity index (χ2n) is 3.51. The van der Waals surface area contributed by atoms with E-state index in [1.54, 1.807) is 19.1 Å². The molecule has 90 valence electrons. The van der Waals surface area contributed by atoms with Crippen molar-refractivity contribution in [2.45, 2.75) is 13.3 Å². The highest BCUT2D eigenvalue weighted by Gasteiger charge is 2.02. The van der Waals surface area contributed by atoms with Crippen molar-refractivity contribution in [1.82, 2.24) is 15.1 Å². The Balaban J connectivity index is 1.89. The molecule has 2 rings (SSSR count). The van der Waals surface area contributed by atoms with Gasteiger partial charge in [-0.05, 0) is 6.07 Å². The van der Waals surface area contributed by atoms with E-state index in [0.29, 0.717) is 41.3 Å². The molecule has 0 bridgehead atoms. The number of aryl methyl sites for hydroxylation is 1. The lowest BCUT2D eigenvalue weighted by Gasteiger charge is -2.05. The molecule has 0 fully saturated rings. The molecule has 0 saturated carbocycles. The molecular weight excluding hydrogens is 242 g/mol. The largest absolute Gasteiger partial charge is 0.399 e. The molecule has 2 heterocycles. The van der Waals surface area contributed by atoms with Crippen molar-refractivity contribution in [2.75, 3.05) is 17.6 Å². The van der Waals surface area contributed by atoms with Crippen molar-refractivity contribution in [1.29, 1.82) is 0 Å². The van der Waals surface area contributed by atoms with E-state index in [2.05, 4.69) is 20.4 Å². The third-order valence-electron chi connectivity index (χ3n) is 2.04. The maximum Gasteiger partial charge on any atom is 0.223 e. The Morgan fingerprint density at radius 1 is 1.41 bits per heavy atom. The van der Waals surface area contributed by atoms with Gasteiger partial charge in [-0.2, -0.15) is 4.98 Å². The zero-order valence-electron chi connectivity index (χ0n) is 9.27. The van der Waals surface area contributed by atoms with Crippen molar-refractivity contribution >= 4 is 23.1 Å². The van der Waals surface area contributed by atoms with Crippen LogP contribution in [0.4, 0.5) is 11.5 Å². The molecule has 0 aromatic carbocycles. The Morgan fingerprint density at radius 3 is 2.88 bits per heavy atom. The molecule has 0 amide bonds. The van der Waals surface area contributed by atoms with E-state index in [0.717, 1.165) is 0 Å². The van der Waals surface area contributed by atoms with Crippen molar-refractivity contribution in [3.8, 4) is 0 Å². The van der Waals surface area contributed by atoms with Gasteiger partial charge in [-0.3, -0.25) is 0 Å². The van der Waals surface area contributed by atoms with Crippen LogP contribution in [0.1, 0.15) is 11.7 Å². The number of nitrogens with two attached hydrogens (primary N) is 1. The second-order valence-corrected chi connectivity index (χ2v) is 3.90.